The van der Waals surface area contributed by atoms with Crippen LogP contribution in [-0.4, -0.2) is 32.3 Å². The Morgan fingerprint density at radius 3 is 2.55 bits per heavy atom. The first-order chi connectivity index (χ1) is 15.9. The van der Waals surface area contributed by atoms with Crippen LogP contribution in [0.1, 0.15) is 47.2 Å². The van der Waals surface area contributed by atoms with Crippen molar-refractivity contribution in [2.45, 2.75) is 44.9 Å². The molecule has 1 heterocycles. The second kappa shape index (κ2) is 11.5. The van der Waals surface area contributed by atoms with Crippen molar-refractivity contribution < 1.29 is 9.59 Å². The number of amides is 2. The van der Waals surface area contributed by atoms with Gasteiger partial charge in [-0.25, -0.2) is 0 Å². The lowest BCUT2D eigenvalue weighted by molar-refractivity contribution is -0.113. The Balaban J connectivity index is 1.65. The number of aryl methyl sites for hydroxylation is 2. The van der Waals surface area contributed by atoms with Crippen LogP contribution < -0.4 is 10.6 Å². The summed E-state index contributed by atoms with van der Waals surface area (Å²) in [6, 6.07) is 14.9. The van der Waals surface area contributed by atoms with Crippen molar-refractivity contribution in [3.05, 3.63) is 83.7 Å². The van der Waals surface area contributed by atoms with Crippen LogP contribution in [0.2, 0.25) is 0 Å². The van der Waals surface area contributed by atoms with Crippen molar-refractivity contribution in [3.8, 4) is 0 Å². The number of benzene rings is 2. The van der Waals surface area contributed by atoms with Gasteiger partial charge in [-0.3, -0.25) is 9.59 Å². The summed E-state index contributed by atoms with van der Waals surface area (Å²) in [6.07, 6.45) is 2.69. The topological polar surface area (TPSA) is 88.9 Å². The lowest BCUT2D eigenvalue weighted by Crippen LogP contribution is -2.29. The number of rotatable bonds is 10. The fourth-order valence-electron chi connectivity index (χ4n) is 3.35. The van der Waals surface area contributed by atoms with Gasteiger partial charge >= 0.3 is 0 Å². The molecule has 0 fully saturated rings. The molecule has 3 aromatic rings. The number of aromatic nitrogens is 3. The first-order valence-corrected chi connectivity index (χ1v) is 11.8. The lowest BCUT2D eigenvalue weighted by Gasteiger charge is -2.16. The summed E-state index contributed by atoms with van der Waals surface area (Å²) in [5.74, 6) is 0.501. The molecule has 2 N–H and O–H groups in total. The number of nitrogens with zero attached hydrogens (tertiary/aromatic N) is 3. The Morgan fingerprint density at radius 1 is 1.15 bits per heavy atom. The van der Waals surface area contributed by atoms with E-state index in [0.29, 0.717) is 23.1 Å². The molecule has 3 rings (SSSR count). The smallest absolute Gasteiger partial charge is 0.252 e. The number of carbonyl (C=O) groups excluding carboxylic acids is 2. The van der Waals surface area contributed by atoms with Gasteiger partial charge in [0.1, 0.15) is 0 Å². The number of carbonyl (C=O) groups is 2. The molecule has 0 bridgehead atoms. The van der Waals surface area contributed by atoms with Crippen molar-refractivity contribution in [2.24, 2.45) is 0 Å². The Bertz CT molecular complexity index is 1120. The molecule has 7 nitrogen and oxygen atoms in total. The standard InChI is InChI=1S/C25H29N5O2S/c1-5-15-30-23(18(4)26-24(32)21-10-8-7-9-17(21)3)28-29-25(30)33-16-22(31)27-20-13-11-19(6-2)12-14-20/h5,7-14,18H,1,6,15-16H2,2-4H3,(H,26,32)(H,27,31)/t18-/m0/s1. The molecule has 0 aliphatic heterocycles. The van der Waals surface area contributed by atoms with E-state index in [9.17, 15) is 9.59 Å². The van der Waals surface area contributed by atoms with Crippen LogP contribution in [0.5, 0.6) is 0 Å². The van der Waals surface area contributed by atoms with Crippen LogP contribution >= 0.6 is 11.8 Å². The van der Waals surface area contributed by atoms with Crippen LogP contribution in [-0.2, 0) is 17.8 Å². The van der Waals surface area contributed by atoms with Crippen LogP contribution in [0.25, 0.3) is 0 Å². The fourth-order valence-corrected chi connectivity index (χ4v) is 4.10. The molecular formula is C25H29N5O2S. The highest BCUT2D eigenvalue weighted by molar-refractivity contribution is 7.99. The van der Waals surface area contributed by atoms with Crippen molar-refractivity contribution in [3.63, 3.8) is 0 Å². The summed E-state index contributed by atoms with van der Waals surface area (Å²) >= 11 is 1.29. The summed E-state index contributed by atoms with van der Waals surface area (Å²) in [4.78, 5) is 25.1. The van der Waals surface area contributed by atoms with E-state index >= 15 is 0 Å². The maximum Gasteiger partial charge on any atom is 0.252 e. The summed E-state index contributed by atoms with van der Waals surface area (Å²) in [7, 11) is 0. The second-order valence-corrected chi connectivity index (χ2v) is 8.58. The van der Waals surface area contributed by atoms with E-state index in [1.165, 1.54) is 17.3 Å². The van der Waals surface area contributed by atoms with Gasteiger partial charge in [0.15, 0.2) is 11.0 Å². The van der Waals surface area contributed by atoms with Crippen molar-refractivity contribution >= 4 is 29.3 Å². The van der Waals surface area contributed by atoms with E-state index in [1.807, 2.05) is 60.9 Å². The molecule has 0 unspecified atom stereocenters. The summed E-state index contributed by atoms with van der Waals surface area (Å²) in [5.41, 5.74) is 3.51. The minimum absolute atomic E-state index is 0.125. The predicted molar refractivity (Wildman–Crippen MR) is 132 cm³/mol. The molecule has 0 saturated heterocycles. The Hall–Kier alpha value is -3.39. The Morgan fingerprint density at radius 2 is 1.88 bits per heavy atom. The maximum atomic E-state index is 12.7. The highest BCUT2D eigenvalue weighted by atomic mass is 32.2. The van der Waals surface area contributed by atoms with Gasteiger partial charge in [0, 0.05) is 17.8 Å². The van der Waals surface area contributed by atoms with Crippen molar-refractivity contribution in [1.82, 2.24) is 20.1 Å². The first kappa shape index (κ1) is 24.3. The first-order valence-electron chi connectivity index (χ1n) is 10.8. The zero-order valence-electron chi connectivity index (χ0n) is 19.2. The van der Waals surface area contributed by atoms with E-state index in [2.05, 4.69) is 34.3 Å². The number of thioether (sulfide) groups is 1. The summed E-state index contributed by atoms with van der Waals surface area (Å²) in [5, 5.41) is 15.0. The van der Waals surface area contributed by atoms with E-state index < -0.39 is 0 Å². The molecule has 0 saturated carbocycles. The van der Waals surface area contributed by atoms with E-state index in [4.69, 9.17) is 0 Å². The lowest BCUT2D eigenvalue weighted by atomic mass is 10.1. The third kappa shape index (κ3) is 6.32. The zero-order valence-corrected chi connectivity index (χ0v) is 20.0. The molecule has 2 aromatic carbocycles. The molecule has 0 spiro atoms. The highest BCUT2D eigenvalue weighted by Crippen LogP contribution is 2.22. The Labute approximate surface area is 198 Å². The van der Waals surface area contributed by atoms with Crippen molar-refractivity contribution in [1.29, 1.82) is 0 Å². The summed E-state index contributed by atoms with van der Waals surface area (Å²) in [6.45, 7) is 10.1. The maximum absolute atomic E-state index is 12.7. The molecule has 0 aliphatic rings. The van der Waals surface area contributed by atoms with Gasteiger partial charge in [-0.2, -0.15) is 0 Å². The van der Waals surface area contributed by atoms with Crippen LogP contribution in [0, 0.1) is 6.92 Å². The molecule has 1 aromatic heterocycles. The SMILES string of the molecule is C=CCn1c(SCC(=O)Nc2ccc(CC)cc2)nnc1[C@H](C)NC(=O)c1ccccc1C. The third-order valence-electron chi connectivity index (χ3n) is 5.16. The number of hydrogen-bond donors (Lipinski definition) is 2. The third-order valence-corrected chi connectivity index (χ3v) is 6.13. The van der Waals surface area contributed by atoms with Gasteiger partial charge in [-0.05, 0) is 49.6 Å². The van der Waals surface area contributed by atoms with Crippen molar-refractivity contribution in [2.75, 3.05) is 11.1 Å². The minimum atomic E-state index is -0.371. The monoisotopic (exact) mass is 463 g/mol. The highest BCUT2D eigenvalue weighted by Gasteiger charge is 2.21. The Kier molecular flexibility index (Phi) is 8.43. The number of hydrogen-bond acceptors (Lipinski definition) is 5. The molecular weight excluding hydrogens is 434 g/mol. The molecule has 172 valence electrons. The zero-order chi connectivity index (χ0) is 23.8. The van der Waals surface area contributed by atoms with Crippen LogP contribution in [0.3, 0.4) is 0 Å². The van der Waals surface area contributed by atoms with Crippen LogP contribution in [0.15, 0.2) is 66.3 Å². The van der Waals surface area contributed by atoms with E-state index in [1.54, 1.807) is 12.1 Å². The quantitative estimate of drug-likeness (QED) is 0.340. The average Bonchev–Trinajstić information content (AvgIpc) is 3.21. The second-order valence-electron chi connectivity index (χ2n) is 7.64. The largest absolute Gasteiger partial charge is 0.342 e. The van der Waals surface area contributed by atoms with Gasteiger partial charge in [0.2, 0.25) is 5.91 Å². The molecule has 1 atom stereocenters. The van der Waals surface area contributed by atoms with Gasteiger partial charge in [0.25, 0.3) is 5.91 Å². The van der Waals surface area contributed by atoms with E-state index in [-0.39, 0.29) is 23.6 Å². The summed E-state index contributed by atoms with van der Waals surface area (Å²) < 4.78 is 1.86. The minimum Gasteiger partial charge on any atom is -0.342 e. The number of anilines is 1. The number of allylic oxidation sites excluding steroid dienone is 1. The predicted octanol–water partition coefficient (Wildman–Crippen LogP) is 4.56. The normalized spacial score (nSPS) is 11.6. The fraction of sp³-hybridized carbons (Fsp3) is 0.280. The molecule has 2 amide bonds. The van der Waals surface area contributed by atoms with Gasteiger partial charge < -0.3 is 15.2 Å². The van der Waals surface area contributed by atoms with Gasteiger partial charge in [0.05, 0.1) is 11.8 Å². The van der Waals surface area contributed by atoms with Gasteiger partial charge in [-0.15, -0.1) is 16.8 Å². The number of nitrogens with one attached hydrogen (secondary N) is 2. The van der Waals surface area contributed by atoms with Crippen LogP contribution in [0.4, 0.5) is 5.69 Å². The molecule has 0 aliphatic carbocycles. The molecule has 33 heavy (non-hydrogen) atoms. The van der Waals surface area contributed by atoms with Gasteiger partial charge in [-0.1, -0.05) is 55.1 Å². The average molecular weight is 464 g/mol. The molecule has 0 radical (unpaired) electrons. The molecule has 8 heteroatoms. The van der Waals surface area contributed by atoms with E-state index in [0.717, 1.165) is 17.7 Å².